The molecule has 5 heteroatoms. The van der Waals surface area contributed by atoms with Crippen LogP contribution in [-0.2, 0) is 4.79 Å². The number of rotatable bonds is 6. The van der Waals surface area contributed by atoms with E-state index in [9.17, 15) is 4.79 Å². The number of aryl methyl sites for hydroxylation is 2. The van der Waals surface area contributed by atoms with Crippen LogP contribution >= 0.6 is 15.9 Å². The van der Waals surface area contributed by atoms with E-state index in [0.717, 1.165) is 26.9 Å². The fourth-order valence-electron chi connectivity index (χ4n) is 2.40. The van der Waals surface area contributed by atoms with Gasteiger partial charge < -0.3 is 14.8 Å². The van der Waals surface area contributed by atoms with Gasteiger partial charge in [0.15, 0.2) is 6.61 Å². The quantitative estimate of drug-likeness (QED) is 0.796. The molecule has 0 aromatic heterocycles. The zero-order valence-corrected chi connectivity index (χ0v) is 15.9. The first-order valence-electron chi connectivity index (χ1n) is 7.73. The fraction of sp³-hybridized carbons (Fsp3) is 0.316. The molecule has 0 aliphatic rings. The molecule has 2 aromatic carbocycles. The molecule has 0 heterocycles. The highest BCUT2D eigenvalue weighted by atomic mass is 79.9. The molecule has 0 aliphatic carbocycles. The van der Waals surface area contributed by atoms with E-state index in [2.05, 4.69) is 21.2 Å². The number of halogens is 1. The minimum Gasteiger partial charge on any atom is -0.497 e. The van der Waals surface area contributed by atoms with Crippen LogP contribution in [0.15, 0.2) is 40.9 Å². The van der Waals surface area contributed by atoms with Crippen LogP contribution in [0.5, 0.6) is 11.5 Å². The Morgan fingerprint density at radius 1 is 1.12 bits per heavy atom. The van der Waals surface area contributed by atoms with E-state index in [1.54, 1.807) is 7.11 Å². The third-order valence-corrected chi connectivity index (χ3v) is 5.02. The second-order valence-electron chi connectivity index (χ2n) is 5.72. The Labute approximate surface area is 151 Å². The largest absolute Gasteiger partial charge is 0.497 e. The zero-order chi connectivity index (χ0) is 17.7. The van der Waals surface area contributed by atoms with Crippen molar-refractivity contribution in [1.29, 1.82) is 0 Å². The van der Waals surface area contributed by atoms with Crippen molar-refractivity contribution in [1.82, 2.24) is 5.32 Å². The van der Waals surface area contributed by atoms with E-state index in [1.165, 1.54) is 0 Å². The molecule has 0 saturated heterocycles. The number of carbonyl (C=O) groups excluding carboxylic acids is 1. The first-order chi connectivity index (χ1) is 11.4. The van der Waals surface area contributed by atoms with Crippen molar-refractivity contribution in [3.63, 3.8) is 0 Å². The van der Waals surface area contributed by atoms with Crippen LogP contribution in [-0.4, -0.2) is 19.6 Å². The highest BCUT2D eigenvalue weighted by Gasteiger charge is 2.11. The number of benzene rings is 2. The SMILES string of the molecule is COc1ccc([C@@H](C)NC(=O)COc2cc(C)c(Br)c(C)c2)cc1. The molecule has 2 aromatic rings. The van der Waals surface area contributed by atoms with E-state index in [1.807, 2.05) is 57.2 Å². The summed E-state index contributed by atoms with van der Waals surface area (Å²) in [6.45, 7) is 5.92. The lowest BCUT2D eigenvalue weighted by Crippen LogP contribution is -2.31. The van der Waals surface area contributed by atoms with Gasteiger partial charge in [-0.25, -0.2) is 0 Å². The maximum absolute atomic E-state index is 12.1. The van der Waals surface area contributed by atoms with Crippen LogP contribution in [0.25, 0.3) is 0 Å². The summed E-state index contributed by atoms with van der Waals surface area (Å²) in [6, 6.07) is 11.4. The molecule has 0 saturated carbocycles. The Morgan fingerprint density at radius 2 is 1.71 bits per heavy atom. The highest BCUT2D eigenvalue weighted by Crippen LogP contribution is 2.26. The Balaban J connectivity index is 1.90. The van der Waals surface area contributed by atoms with Gasteiger partial charge in [0.05, 0.1) is 13.2 Å². The third-order valence-electron chi connectivity index (χ3n) is 3.77. The molecule has 0 fully saturated rings. The molecule has 0 radical (unpaired) electrons. The van der Waals surface area contributed by atoms with Crippen LogP contribution in [0, 0.1) is 13.8 Å². The topological polar surface area (TPSA) is 47.6 Å². The Hall–Kier alpha value is -2.01. The Bertz CT molecular complexity index is 690. The molecular formula is C19H22BrNO3. The molecule has 128 valence electrons. The normalized spacial score (nSPS) is 11.7. The van der Waals surface area contributed by atoms with Crippen LogP contribution in [0.1, 0.15) is 29.7 Å². The van der Waals surface area contributed by atoms with Crippen LogP contribution < -0.4 is 14.8 Å². The van der Waals surface area contributed by atoms with Crippen LogP contribution in [0.2, 0.25) is 0 Å². The Kier molecular flexibility index (Phi) is 6.26. The lowest BCUT2D eigenvalue weighted by Gasteiger charge is -2.15. The second-order valence-corrected chi connectivity index (χ2v) is 6.52. The maximum Gasteiger partial charge on any atom is 0.258 e. The third kappa shape index (κ3) is 4.74. The van der Waals surface area contributed by atoms with E-state index in [4.69, 9.17) is 9.47 Å². The van der Waals surface area contributed by atoms with Gasteiger partial charge >= 0.3 is 0 Å². The van der Waals surface area contributed by atoms with Crippen molar-refractivity contribution in [3.8, 4) is 11.5 Å². The molecule has 0 unspecified atom stereocenters. The van der Waals surface area contributed by atoms with Crippen LogP contribution in [0.4, 0.5) is 0 Å². The average Bonchev–Trinajstić information content (AvgIpc) is 2.57. The van der Waals surface area contributed by atoms with Crippen molar-refractivity contribution in [2.24, 2.45) is 0 Å². The Morgan fingerprint density at radius 3 is 2.25 bits per heavy atom. The van der Waals surface area contributed by atoms with E-state index in [0.29, 0.717) is 5.75 Å². The van der Waals surface area contributed by atoms with Gasteiger partial charge in [-0.1, -0.05) is 28.1 Å². The number of hydrogen-bond acceptors (Lipinski definition) is 3. The summed E-state index contributed by atoms with van der Waals surface area (Å²) in [5, 5.41) is 2.93. The van der Waals surface area contributed by atoms with Gasteiger partial charge in [-0.3, -0.25) is 4.79 Å². The van der Waals surface area contributed by atoms with E-state index in [-0.39, 0.29) is 18.6 Å². The molecular weight excluding hydrogens is 370 g/mol. The smallest absolute Gasteiger partial charge is 0.258 e. The summed E-state index contributed by atoms with van der Waals surface area (Å²) >= 11 is 3.52. The molecule has 4 nitrogen and oxygen atoms in total. The molecule has 2 rings (SSSR count). The van der Waals surface area contributed by atoms with Crippen molar-refractivity contribution in [3.05, 3.63) is 57.6 Å². The number of ether oxygens (including phenoxy) is 2. The van der Waals surface area contributed by atoms with Gasteiger partial charge in [0.2, 0.25) is 0 Å². The summed E-state index contributed by atoms with van der Waals surface area (Å²) in [6.07, 6.45) is 0. The molecule has 0 bridgehead atoms. The molecule has 1 N–H and O–H groups in total. The minimum absolute atomic E-state index is 0.0129. The molecule has 1 amide bonds. The minimum atomic E-state index is -0.156. The van der Waals surface area contributed by atoms with Crippen molar-refractivity contribution in [2.75, 3.05) is 13.7 Å². The summed E-state index contributed by atoms with van der Waals surface area (Å²) in [7, 11) is 1.63. The first-order valence-corrected chi connectivity index (χ1v) is 8.53. The van der Waals surface area contributed by atoms with Gasteiger partial charge in [0, 0.05) is 4.47 Å². The molecule has 0 aliphatic heterocycles. The summed E-state index contributed by atoms with van der Waals surface area (Å²) < 4.78 is 11.8. The summed E-state index contributed by atoms with van der Waals surface area (Å²) in [4.78, 5) is 12.1. The number of hydrogen-bond donors (Lipinski definition) is 1. The fourth-order valence-corrected chi connectivity index (χ4v) is 2.63. The molecule has 1 atom stereocenters. The molecule has 0 spiro atoms. The predicted octanol–water partition coefficient (Wildman–Crippen LogP) is 4.33. The lowest BCUT2D eigenvalue weighted by molar-refractivity contribution is -0.123. The second kappa shape index (κ2) is 8.20. The predicted molar refractivity (Wildman–Crippen MR) is 98.7 cm³/mol. The number of methoxy groups -OCH3 is 1. The summed E-state index contributed by atoms with van der Waals surface area (Å²) in [5.41, 5.74) is 3.17. The standard InChI is InChI=1S/C19H22BrNO3/c1-12-9-17(10-13(2)19(12)20)24-11-18(22)21-14(3)15-5-7-16(23-4)8-6-15/h5-10,14H,11H2,1-4H3,(H,21,22)/t14-/m1/s1. The number of nitrogens with one attached hydrogen (secondary N) is 1. The maximum atomic E-state index is 12.1. The zero-order valence-electron chi connectivity index (χ0n) is 14.4. The number of amides is 1. The monoisotopic (exact) mass is 391 g/mol. The van der Waals surface area contributed by atoms with Gasteiger partial charge in [-0.05, 0) is 61.7 Å². The first kappa shape index (κ1) is 18.3. The van der Waals surface area contributed by atoms with Crippen molar-refractivity contribution >= 4 is 21.8 Å². The summed E-state index contributed by atoms with van der Waals surface area (Å²) in [5.74, 6) is 1.33. The van der Waals surface area contributed by atoms with Gasteiger partial charge in [-0.15, -0.1) is 0 Å². The average molecular weight is 392 g/mol. The van der Waals surface area contributed by atoms with E-state index >= 15 is 0 Å². The highest BCUT2D eigenvalue weighted by molar-refractivity contribution is 9.10. The van der Waals surface area contributed by atoms with Crippen LogP contribution in [0.3, 0.4) is 0 Å². The van der Waals surface area contributed by atoms with E-state index < -0.39 is 0 Å². The van der Waals surface area contributed by atoms with Gasteiger partial charge in [-0.2, -0.15) is 0 Å². The number of carbonyl (C=O) groups is 1. The van der Waals surface area contributed by atoms with Gasteiger partial charge in [0.25, 0.3) is 5.91 Å². The van der Waals surface area contributed by atoms with Crippen molar-refractivity contribution < 1.29 is 14.3 Å². The van der Waals surface area contributed by atoms with Crippen molar-refractivity contribution in [2.45, 2.75) is 26.8 Å². The van der Waals surface area contributed by atoms with Gasteiger partial charge in [0.1, 0.15) is 11.5 Å². The lowest BCUT2D eigenvalue weighted by atomic mass is 10.1. The molecule has 24 heavy (non-hydrogen) atoms.